The van der Waals surface area contributed by atoms with Crippen LogP contribution in [0.4, 0.5) is 0 Å². The predicted octanol–water partition coefficient (Wildman–Crippen LogP) is 1.53. The molecule has 0 saturated carbocycles. The van der Waals surface area contributed by atoms with Gasteiger partial charge in [-0.25, -0.2) is 0 Å². The number of hydrogen-bond donors (Lipinski definition) is 1. The summed E-state index contributed by atoms with van der Waals surface area (Å²) in [6.07, 6.45) is 0. The van der Waals surface area contributed by atoms with Crippen LogP contribution in [0.2, 0.25) is 0 Å². The second-order valence-corrected chi connectivity index (χ2v) is 9.24. The molecule has 0 unspecified atom stereocenters. The van der Waals surface area contributed by atoms with E-state index >= 15 is 0 Å². The van der Waals surface area contributed by atoms with Crippen molar-refractivity contribution in [3.8, 4) is 11.1 Å². The standard InChI is InChI=1S/C24H21NP.HI/c25-26(21-14-6-2-7-15-21,22-16-8-3-9-17-22)24-19-11-10-18-23(24)20-12-4-1-5-13-20;/h1-19H,25H2;1H/q+1;/p-1. The molecule has 1 nitrogen and oxygen atoms in total. The summed E-state index contributed by atoms with van der Waals surface area (Å²) in [5.41, 5.74) is 9.72. The van der Waals surface area contributed by atoms with Gasteiger partial charge in [-0.05, 0) is 35.9 Å². The van der Waals surface area contributed by atoms with Gasteiger partial charge in [0, 0.05) is 5.56 Å². The van der Waals surface area contributed by atoms with Crippen molar-refractivity contribution < 1.29 is 24.0 Å². The van der Waals surface area contributed by atoms with E-state index in [1.54, 1.807) is 0 Å². The van der Waals surface area contributed by atoms with Crippen molar-refractivity contribution in [2.24, 2.45) is 5.50 Å². The Balaban J connectivity index is 0.00000210. The maximum absolute atomic E-state index is 7.31. The summed E-state index contributed by atoms with van der Waals surface area (Å²) in [4.78, 5) is 0. The van der Waals surface area contributed by atoms with Crippen molar-refractivity contribution in [3.63, 3.8) is 0 Å². The van der Waals surface area contributed by atoms with Crippen molar-refractivity contribution in [3.05, 3.63) is 115 Å². The minimum atomic E-state index is -2.23. The molecule has 2 N–H and O–H groups in total. The zero-order valence-corrected chi connectivity index (χ0v) is 17.9. The predicted molar refractivity (Wildman–Crippen MR) is 115 cm³/mol. The van der Waals surface area contributed by atoms with E-state index < -0.39 is 7.41 Å². The van der Waals surface area contributed by atoms with Crippen molar-refractivity contribution in [1.82, 2.24) is 0 Å². The van der Waals surface area contributed by atoms with Gasteiger partial charge in [0.25, 0.3) is 0 Å². The average molecular weight is 481 g/mol. The molecule has 0 heterocycles. The average Bonchev–Trinajstić information content (AvgIpc) is 2.75. The molecular weight excluding hydrogens is 460 g/mol. The van der Waals surface area contributed by atoms with Crippen molar-refractivity contribution in [2.45, 2.75) is 0 Å². The summed E-state index contributed by atoms with van der Waals surface area (Å²) in [6, 6.07) is 40.1. The molecule has 0 spiro atoms. The number of halogens is 1. The van der Waals surface area contributed by atoms with Crippen LogP contribution in [0, 0.1) is 0 Å². The van der Waals surface area contributed by atoms with Crippen LogP contribution in [0.25, 0.3) is 11.1 Å². The lowest BCUT2D eigenvalue weighted by atomic mass is 10.1. The maximum Gasteiger partial charge on any atom is 0.176 e. The molecule has 0 saturated heterocycles. The highest BCUT2D eigenvalue weighted by Crippen LogP contribution is 2.49. The SMILES string of the molecule is N[P+](c1ccccc1)(c1ccccc1)c1ccccc1-c1ccccc1.[I-]. The molecule has 4 rings (SSSR count). The summed E-state index contributed by atoms with van der Waals surface area (Å²) in [6.45, 7) is 0. The number of hydrogen-bond acceptors (Lipinski definition) is 1. The van der Waals surface area contributed by atoms with Gasteiger partial charge >= 0.3 is 0 Å². The van der Waals surface area contributed by atoms with E-state index in [9.17, 15) is 0 Å². The highest BCUT2D eigenvalue weighted by molar-refractivity contribution is 7.94. The molecule has 4 aromatic carbocycles. The molecule has 0 amide bonds. The summed E-state index contributed by atoms with van der Waals surface area (Å²) >= 11 is 0. The third kappa shape index (κ3) is 3.84. The van der Waals surface area contributed by atoms with Gasteiger partial charge in [0.05, 0.1) is 0 Å². The molecule has 0 aliphatic heterocycles. The lowest BCUT2D eigenvalue weighted by molar-refractivity contribution is -0.00000508. The molecule has 4 aromatic rings. The first-order valence-corrected chi connectivity index (χ1v) is 10.6. The van der Waals surface area contributed by atoms with E-state index in [-0.39, 0.29) is 24.0 Å². The molecule has 0 aliphatic rings. The lowest BCUT2D eigenvalue weighted by Crippen LogP contribution is -3.00. The number of nitrogens with two attached hydrogens (primary N) is 1. The Hall–Kier alpha value is -2.00. The maximum atomic E-state index is 7.31. The minimum Gasteiger partial charge on any atom is -1.00 e. The molecule has 0 aliphatic carbocycles. The second kappa shape index (κ2) is 8.79. The largest absolute Gasteiger partial charge is 1.00 e. The first kappa shape index (κ1) is 19.8. The first-order chi connectivity index (χ1) is 12.8. The number of rotatable bonds is 4. The third-order valence-corrected chi connectivity index (χ3v) is 8.07. The minimum absolute atomic E-state index is 0. The van der Waals surface area contributed by atoms with E-state index in [1.165, 1.54) is 27.0 Å². The van der Waals surface area contributed by atoms with Gasteiger partial charge < -0.3 is 24.0 Å². The Kier molecular flexibility index (Phi) is 6.43. The monoisotopic (exact) mass is 481 g/mol. The van der Waals surface area contributed by atoms with Crippen LogP contribution in [0.15, 0.2) is 115 Å². The van der Waals surface area contributed by atoms with Crippen molar-refractivity contribution in [1.29, 1.82) is 0 Å². The van der Waals surface area contributed by atoms with Crippen LogP contribution in [0.1, 0.15) is 0 Å². The fourth-order valence-electron chi connectivity index (χ4n) is 3.40. The van der Waals surface area contributed by atoms with E-state index in [0.717, 1.165) is 0 Å². The number of benzene rings is 4. The van der Waals surface area contributed by atoms with E-state index in [0.29, 0.717) is 0 Å². The van der Waals surface area contributed by atoms with Crippen LogP contribution in [-0.2, 0) is 0 Å². The highest BCUT2D eigenvalue weighted by Gasteiger charge is 2.43. The fourth-order valence-corrected chi connectivity index (χ4v) is 6.44. The van der Waals surface area contributed by atoms with E-state index in [1.807, 2.05) is 18.2 Å². The van der Waals surface area contributed by atoms with Crippen LogP contribution in [-0.4, -0.2) is 0 Å². The molecule has 134 valence electrons. The van der Waals surface area contributed by atoms with Gasteiger partial charge in [0.1, 0.15) is 15.9 Å². The topological polar surface area (TPSA) is 26.0 Å². The Morgan fingerprint density at radius 2 is 0.889 bits per heavy atom. The fraction of sp³-hybridized carbons (Fsp3) is 0. The van der Waals surface area contributed by atoms with Gasteiger partial charge in [-0.1, -0.05) is 84.9 Å². The smallest absolute Gasteiger partial charge is 0.176 e. The Bertz CT molecular complexity index is 949. The zero-order chi connectivity index (χ0) is 17.8. The van der Waals surface area contributed by atoms with Crippen LogP contribution < -0.4 is 45.4 Å². The molecule has 0 aromatic heterocycles. The van der Waals surface area contributed by atoms with Crippen LogP contribution >= 0.6 is 7.41 Å². The van der Waals surface area contributed by atoms with Gasteiger partial charge in [0.2, 0.25) is 0 Å². The van der Waals surface area contributed by atoms with Gasteiger partial charge in [-0.3, -0.25) is 0 Å². The normalized spacial score (nSPS) is 10.9. The first-order valence-electron chi connectivity index (χ1n) is 8.74. The molecule has 27 heavy (non-hydrogen) atoms. The molecule has 0 radical (unpaired) electrons. The van der Waals surface area contributed by atoms with Crippen molar-refractivity contribution in [2.75, 3.05) is 0 Å². The third-order valence-electron chi connectivity index (χ3n) is 4.70. The Morgan fingerprint density at radius 3 is 1.41 bits per heavy atom. The quantitative estimate of drug-likeness (QED) is 0.348. The molecule has 0 fully saturated rings. The zero-order valence-electron chi connectivity index (χ0n) is 14.9. The van der Waals surface area contributed by atoms with Gasteiger partial charge in [-0.15, -0.1) is 0 Å². The second-order valence-electron chi connectivity index (χ2n) is 6.28. The van der Waals surface area contributed by atoms with Crippen LogP contribution in [0.3, 0.4) is 0 Å². The molecular formula is C24H21INP. The molecule has 0 bridgehead atoms. The molecule has 0 atom stereocenters. The molecule has 3 heteroatoms. The summed E-state index contributed by atoms with van der Waals surface area (Å²) in [5.74, 6) is 0. The lowest BCUT2D eigenvalue weighted by Gasteiger charge is -2.24. The van der Waals surface area contributed by atoms with Crippen LogP contribution in [0.5, 0.6) is 0 Å². The summed E-state index contributed by atoms with van der Waals surface area (Å²) in [5, 5.41) is 3.59. The summed E-state index contributed by atoms with van der Waals surface area (Å²) in [7, 11) is -2.23. The summed E-state index contributed by atoms with van der Waals surface area (Å²) < 4.78 is 0. The van der Waals surface area contributed by atoms with E-state index in [4.69, 9.17) is 5.50 Å². The Labute approximate surface area is 178 Å². The highest BCUT2D eigenvalue weighted by atomic mass is 127. The van der Waals surface area contributed by atoms with Gasteiger partial charge in [0.15, 0.2) is 7.41 Å². The Morgan fingerprint density at radius 1 is 0.481 bits per heavy atom. The van der Waals surface area contributed by atoms with Crippen molar-refractivity contribution >= 4 is 23.3 Å². The van der Waals surface area contributed by atoms with Gasteiger partial charge in [-0.2, -0.15) is 5.50 Å². The van der Waals surface area contributed by atoms with E-state index in [2.05, 4.69) is 97.1 Å².